The van der Waals surface area contributed by atoms with Crippen molar-refractivity contribution in [1.29, 1.82) is 0 Å². The number of ether oxygens (including phenoxy) is 2. The predicted octanol–water partition coefficient (Wildman–Crippen LogP) is 1.76. The van der Waals surface area contributed by atoms with E-state index in [2.05, 4.69) is 19.6 Å². The largest absolute Gasteiger partial charge is 0.495 e. The van der Waals surface area contributed by atoms with Crippen molar-refractivity contribution < 1.29 is 17.9 Å². The molecular formula is C17H21ClN4O4S. The summed E-state index contributed by atoms with van der Waals surface area (Å²) in [6.45, 7) is 4.60. The zero-order valence-electron chi connectivity index (χ0n) is 15.1. The number of rotatable bonds is 6. The van der Waals surface area contributed by atoms with E-state index in [0.29, 0.717) is 24.8 Å². The Balaban J connectivity index is 1.75. The van der Waals surface area contributed by atoms with Crippen LogP contribution in [0.3, 0.4) is 0 Å². The van der Waals surface area contributed by atoms with Crippen LogP contribution in [0.5, 0.6) is 5.75 Å². The van der Waals surface area contributed by atoms with Gasteiger partial charge < -0.3 is 14.4 Å². The van der Waals surface area contributed by atoms with Gasteiger partial charge in [-0.3, -0.25) is 0 Å². The van der Waals surface area contributed by atoms with Crippen LogP contribution in [0.4, 0.5) is 5.82 Å². The van der Waals surface area contributed by atoms with Gasteiger partial charge in [0.2, 0.25) is 10.0 Å². The maximum absolute atomic E-state index is 12.5. The molecule has 1 aliphatic rings. The van der Waals surface area contributed by atoms with Crippen LogP contribution in [0.15, 0.2) is 29.2 Å². The number of sulfonamides is 1. The van der Waals surface area contributed by atoms with E-state index in [4.69, 9.17) is 21.1 Å². The van der Waals surface area contributed by atoms with E-state index >= 15 is 0 Å². The molecule has 1 aliphatic heterocycles. The molecule has 1 N–H and O–H groups in total. The Bertz CT molecular complexity index is 917. The van der Waals surface area contributed by atoms with Crippen molar-refractivity contribution in [3.05, 3.63) is 40.8 Å². The van der Waals surface area contributed by atoms with Gasteiger partial charge in [0, 0.05) is 24.8 Å². The average molecular weight is 413 g/mol. The molecule has 0 spiro atoms. The summed E-state index contributed by atoms with van der Waals surface area (Å²) >= 11 is 6.02. The van der Waals surface area contributed by atoms with Crippen molar-refractivity contribution in [2.24, 2.45) is 0 Å². The van der Waals surface area contributed by atoms with Crippen LogP contribution in [-0.2, 0) is 21.3 Å². The second-order valence-electron chi connectivity index (χ2n) is 6.00. The lowest BCUT2D eigenvalue weighted by atomic mass is 10.3. The molecule has 1 aromatic carbocycles. The van der Waals surface area contributed by atoms with Crippen LogP contribution in [0, 0.1) is 6.92 Å². The summed E-state index contributed by atoms with van der Waals surface area (Å²) in [4.78, 5) is 11.0. The minimum atomic E-state index is -3.76. The fourth-order valence-corrected chi connectivity index (χ4v) is 4.03. The molecule has 1 aromatic heterocycles. The van der Waals surface area contributed by atoms with Gasteiger partial charge in [-0.2, -0.15) is 0 Å². The standard InChI is InChI=1S/C17H21ClN4O4S/c1-12-9-17(22-5-7-26-8-6-22)21-16(20-12)11-19-27(23,24)13-3-4-15(25-2)14(18)10-13/h3-4,9-10,19H,5-8,11H2,1-2H3. The Morgan fingerprint density at radius 2 is 2.00 bits per heavy atom. The average Bonchev–Trinajstić information content (AvgIpc) is 2.67. The molecule has 27 heavy (non-hydrogen) atoms. The molecule has 8 nitrogen and oxygen atoms in total. The van der Waals surface area contributed by atoms with E-state index < -0.39 is 10.0 Å². The second-order valence-corrected chi connectivity index (χ2v) is 8.18. The van der Waals surface area contributed by atoms with E-state index in [-0.39, 0.29) is 16.5 Å². The minimum absolute atomic E-state index is 0.0228. The number of morpholine rings is 1. The molecule has 0 atom stereocenters. The summed E-state index contributed by atoms with van der Waals surface area (Å²) in [5.41, 5.74) is 0.771. The molecule has 0 saturated carbocycles. The third-order valence-electron chi connectivity index (χ3n) is 4.08. The first-order valence-corrected chi connectivity index (χ1v) is 10.3. The van der Waals surface area contributed by atoms with Crippen molar-refractivity contribution in [3.63, 3.8) is 0 Å². The number of nitrogens with zero attached hydrogens (tertiary/aromatic N) is 3. The normalized spacial score (nSPS) is 15.0. The van der Waals surface area contributed by atoms with Crippen LogP contribution in [0.1, 0.15) is 11.5 Å². The smallest absolute Gasteiger partial charge is 0.241 e. The lowest BCUT2D eigenvalue weighted by Crippen LogP contribution is -2.37. The van der Waals surface area contributed by atoms with E-state index in [0.717, 1.165) is 24.6 Å². The molecular weight excluding hydrogens is 392 g/mol. The summed E-state index contributed by atoms with van der Waals surface area (Å²) in [7, 11) is -2.29. The van der Waals surface area contributed by atoms with Crippen molar-refractivity contribution >= 4 is 27.4 Å². The molecule has 3 rings (SSSR count). The maximum atomic E-state index is 12.5. The first-order valence-electron chi connectivity index (χ1n) is 8.39. The Hall–Kier alpha value is -1.94. The molecule has 1 fully saturated rings. The highest BCUT2D eigenvalue weighted by molar-refractivity contribution is 7.89. The highest BCUT2D eigenvalue weighted by atomic mass is 35.5. The molecule has 1 saturated heterocycles. The molecule has 2 aromatic rings. The SMILES string of the molecule is COc1ccc(S(=O)(=O)NCc2nc(C)cc(N3CCOCC3)n2)cc1Cl. The summed E-state index contributed by atoms with van der Waals surface area (Å²) in [6.07, 6.45) is 0. The zero-order valence-corrected chi connectivity index (χ0v) is 16.7. The number of anilines is 1. The molecule has 0 unspecified atom stereocenters. The molecule has 0 radical (unpaired) electrons. The van der Waals surface area contributed by atoms with E-state index in [1.54, 1.807) is 0 Å². The number of hydrogen-bond donors (Lipinski definition) is 1. The molecule has 10 heteroatoms. The van der Waals surface area contributed by atoms with Crippen LogP contribution >= 0.6 is 11.6 Å². The summed E-state index contributed by atoms with van der Waals surface area (Å²) in [6, 6.07) is 6.17. The Morgan fingerprint density at radius 3 is 2.67 bits per heavy atom. The first-order chi connectivity index (χ1) is 12.9. The maximum Gasteiger partial charge on any atom is 0.241 e. The van der Waals surface area contributed by atoms with Gasteiger partial charge in [0.25, 0.3) is 0 Å². The molecule has 0 aliphatic carbocycles. The van der Waals surface area contributed by atoms with Crippen molar-refractivity contribution in [3.8, 4) is 5.75 Å². The van der Waals surface area contributed by atoms with Gasteiger partial charge in [0.1, 0.15) is 17.4 Å². The quantitative estimate of drug-likeness (QED) is 0.772. The third kappa shape index (κ3) is 4.86. The van der Waals surface area contributed by atoms with Crippen molar-refractivity contribution in [2.75, 3.05) is 38.3 Å². The van der Waals surface area contributed by atoms with Crippen molar-refractivity contribution in [1.82, 2.24) is 14.7 Å². The number of aromatic nitrogens is 2. The van der Waals surface area contributed by atoms with E-state index in [9.17, 15) is 8.42 Å². The summed E-state index contributed by atoms with van der Waals surface area (Å²) in [5, 5.41) is 0.224. The lowest BCUT2D eigenvalue weighted by molar-refractivity contribution is 0.122. The van der Waals surface area contributed by atoms with Gasteiger partial charge in [-0.25, -0.2) is 23.1 Å². The van der Waals surface area contributed by atoms with Crippen molar-refractivity contribution in [2.45, 2.75) is 18.4 Å². The highest BCUT2D eigenvalue weighted by Crippen LogP contribution is 2.26. The van der Waals surface area contributed by atoms with Gasteiger partial charge in [0.05, 0.1) is 36.8 Å². The zero-order chi connectivity index (χ0) is 19.4. The topological polar surface area (TPSA) is 93.7 Å². The molecule has 2 heterocycles. The third-order valence-corrected chi connectivity index (χ3v) is 5.77. The Labute approximate surface area is 163 Å². The number of methoxy groups -OCH3 is 1. The Kier molecular flexibility index (Phi) is 6.15. The fourth-order valence-electron chi connectivity index (χ4n) is 2.70. The van der Waals surface area contributed by atoms with Crippen LogP contribution in [-0.4, -0.2) is 51.8 Å². The second kappa shape index (κ2) is 8.39. The first kappa shape index (κ1) is 19.8. The highest BCUT2D eigenvalue weighted by Gasteiger charge is 2.18. The van der Waals surface area contributed by atoms with E-state index in [1.807, 2.05) is 13.0 Å². The number of aryl methyl sites for hydroxylation is 1. The van der Waals surface area contributed by atoms with Crippen LogP contribution in [0.2, 0.25) is 5.02 Å². The minimum Gasteiger partial charge on any atom is -0.495 e. The van der Waals surface area contributed by atoms with Crippen LogP contribution in [0.25, 0.3) is 0 Å². The lowest BCUT2D eigenvalue weighted by Gasteiger charge is -2.28. The van der Waals surface area contributed by atoms with Gasteiger partial charge in [-0.05, 0) is 25.1 Å². The Morgan fingerprint density at radius 1 is 1.26 bits per heavy atom. The number of nitrogens with one attached hydrogen (secondary N) is 1. The summed E-state index contributed by atoms with van der Waals surface area (Å²) in [5.74, 6) is 1.58. The predicted molar refractivity (Wildman–Crippen MR) is 102 cm³/mol. The van der Waals surface area contributed by atoms with Gasteiger partial charge in [0.15, 0.2) is 0 Å². The van der Waals surface area contributed by atoms with Gasteiger partial charge in [-0.15, -0.1) is 0 Å². The number of hydrogen-bond acceptors (Lipinski definition) is 7. The number of halogens is 1. The fraction of sp³-hybridized carbons (Fsp3) is 0.412. The summed E-state index contributed by atoms with van der Waals surface area (Å²) < 4.78 is 38.0. The number of benzene rings is 1. The molecule has 0 amide bonds. The van der Waals surface area contributed by atoms with Gasteiger partial charge >= 0.3 is 0 Å². The monoisotopic (exact) mass is 412 g/mol. The van der Waals surface area contributed by atoms with E-state index in [1.165, 1.54) is 25.3 Å². The van der Waals surface area contributed by atoms with Crippen LogP contribution < -0.4 is 14.4 Å². The molecule has 0 bridgehead atoms. The van der Waals surface area contributed by atoms with Gasteiger partial charge in [-0.1, -0.05) is 11.6 Å². The molecule has 146 valence electrons.